The van der Waals surface area contributed by atoms with Crippen LogP contribution in [0.2, 0.25) is 0 Å². The molecule has 0 fully saturated rings. The topological polar surface area (TPSA) is 22.1 Å². The zero-order valence-electron chi connectivity index (χ0n) is 6.72. The Bertz CT molecular complexity index is 246. The van der Waals surface area contributed by atoms with E-state index >= 15 is 0 Å². The zero-order chi connectivity index (χ0) is 8.48. The van der Waals surface area contributed by atoms with Crippen LogP contribution >= 0.6 is 27.3 Å². The zero-order valence-corrected chi connectivity index (χ0v) is 9.12. The van der Waals surface area contributed by atoms with Crippen LogP contribution in [0, 0.1) is 0 Å². The van der Waals surface area contributed by atoms with Gasteiger partial charge in [-0.3, -0.25) is 0 Å². The Balaban J connectivity index is 2.92. The molecule has 0 atom stereocenters. The fourth-order valence-corrected chi connectivity index (χ4v) is 1.91. The van der Waals surface area contributed by atoms with Gasteiger partial charge in [0, 0.05) is 7.11 Å². The quantitative estimate of drug-likeness (QED) is 0.787. The highest BCUT2D eigenvalue weighted by Crippen LogP contribution is 2.30. The second kappa shape index (κ2) is 3.21. The van der Waals surface area contributed by atoms with E-state index in [1.807, 2.05) is 13.8 Å². The van der Waals surface area contributed by atoms with E-state index in [-0.39, 0.29) is 5.60 Å². The van der Waals surface area contributed by atoms with Gasteiger partial charge in [-0.15, -0.1) is 11.3 Å². The molecule has 0 bridgehead atoms. The molecule has 1 aromatic heterocycles. The monoisotopic (exact) mass is 235 g/mol. The van der Waals surface area contributed by atoms with E-state index < -0.39 is 0 Å². The van der Waals surface area contributed by atoms with E-state index in [1.165, 1.54) is 0 Å². The van der Waals surface area contributed by atoms with Gasteiger partial charge in [-0.2, -0.15) is 0 Å². The highest BCUT2D eigenvalue weighted by atomic mass is 79.9. The summed E-state index contributed by atoms with van der Waals surface area (Å²) in [5.74, 6) is 0. The van der Waals surface area contributed by atoms with Gasteiger partial charge in [-0.1, -0.05) is 0 Å². The van der Waals surface area contributed by atoms with E-state index in [1.54, 1.807) is 24.6 Å². The summed E-state index contributed by atoms with van der Waals surface area (Å²) < 4.78 is 6.30. The van der Waals surface area contributed by atoms with Crippen molar-refractivity contribution in [2.24, 2.45) is 0 Å². The van der Waals surface area contributed by atoms with Crippen LogP contribution < -0.4 is 0 Å². The number of methoxy groups -OCH3 is 1. The third kappa shape index (κ3) is 2.01. The molecule has 1 rings (SSSR count). The van der Waals surface area contributed by atoms with Crippen molar-refractivity contribution in [1.29, 1.82) is 0 Å². The molecule has 1 aromatic rings. The van der Waals surface area contributed by atoms with Crippen molar-refractivity contribution in [2.75, 3.05) is 7.11 Å². The summed E-state index contributed by atoms with van der Waals surface area (Å²) in [4.78, 5) is 4.20. The lowest BCUT2D eigenvalue weighted by molar-refractivity contribution is 0.0190. The lowest BCUT2D eigenvalue weighted by Gasteiger charge is -2.19. The summed E-state index contributed by atoms with van der Waals surface area (Å²) in [5, 5.41) is 0.992. The van der Waals surface area contributed by atoms with Gasteiger partial charge in [0.2, 0.25) is 0 Å². The van der Waals surface area contributed by atoms with Crippen molar-refractivity contribution >= 4 is 27.3 Å². The van der Waals surface area contributed by atoms with Crippen molar-refractivity contribution in [3.8, 4) is 0 Å². The van der Waals surface area contributed by atoms with Crippen molar-refractivity contribution in [3.63, 3.8) is 0 Å². The maximum absolute atomic E-state index is 5.26. The van der Waals surface area contributed by atoms with Gasteiger partial charge in [-0.25, -0.2) is 4.98 Å². The van der Waals surface area contributed by atoms with Gasteiger partial charge in [-0.05, 0) is 29.8 Å². The van der Waals surface area contributed by atoms with Gasteiger partial charge in [0.1, 0.15) is 10.6 Å². The summed E-state index contributed by atoms with van der Waals surface area (Å²) in [5.41, 5.74) is -0.267. The van der Waals surface area contributed by atoms with Gasteiger partial charge in [0.05, 0.1) is 9.98 Å². The minimum absolute atomic E-state index is 0.267. The van der Waals surface area contributed by atoms with E-state index in [4.69, 9.17) is 4.74 Å². The molecular weight excluding hydrogens is 226 g/mol. The largest absolute Gasteiger partial charge is 0.372 e. The molecule has 0 aliphatic heterocycles. The molecule has 0 aliphatic carbocycles. The third-order valence-corrected chi connectivity index (χ3v) is 3.28. The summed E-state index contributed by atoms with van der Waals surface area (Å²) in [6.07, 6.45) is 1.79. The first-order chi connectivity index (χ1) is 5.06. The number of hydrogen-bond donors (Lipinski definition) is 0. The summed E-state index contributed by atoms with van der Waals surface area (Å²) in [6.45, 7) is 4.00. The molecule has 0 saturated carbocycles. The molecule has 0 amide bonds. The van der Waals surface area contributed by atoms with Crippen LogP contribution in [-0.2, 0) is 10.3 Å². The van der Waals surface area contributed by atoms with E-state index in [9.17, 15) is 0 Å². The van der Waals surface area contributed by atoms with Crippen LogP contribution in [0.1, 0.15) is 18.9 Å². The molecule has 0 N–H and O–H groups in total. The molecule has 2 nitrogen and oxygen atoms in total. The van der Waals surface area contributed by atoms with Crippen LogP contribution in [0.15, 0.2) is 9.98 Å². The van der Waals surface area contributed by atoms with Crippen molar-refractivity contribution in [2.45, 2.75) is 19.4 Å². The standard InChI is InChI=1S/C7H10BrNOS/c1-7(2,10-3)6-9-4-5(8)11-6/h4H,1-3H3. The van der Waals surface area contributed by atoms with Gasteiger partial charge in [0.25, 0.3) is 0 Å². The van der Waals surface area contributed by atoms with Crippen molar-refractivity contribution in [3.05, 3.63) is 15.0 Å². The lowest BCUT2D eigenvalue weighted by atomic mass is 10.1. The Kier molecular flexibility index (Phi) is 2.67. The van der Waals surface area contributed by atoms with Crippen LogP contribution in [0.3, 0.4) is 0 Å². The Labute approximate surface area is 78.7 Å². The molecule has 0 radical (unpaired) electrons. The Morgan fingerprint density at radius 1 is 1.64 bits per heavy atom. The van der Waals surface area contributed by atoms with Crippen LogP contribution in [-0.4, -0.2) is 12.1 Å². The van der Waals surface area contributed by atoms with Gasteiger partial charge in [0.15, 0.2) is 0 Å². The van der Waals surface area contributed by atoms with Crippen LogP contribution in [0.5, 0.6) is 0 Å². The molecule has 0 unspecified atom stereocenters. The fraction of sp³-hybridized carbons (Fsp3) is 0.571. The predicted molar refractivity (Wildman–Crippen MR) is 49.8 cm³/mol. The molecule has 0 saturated heterocycles. The van der Waals surface area contributed by atoms with E-state index in [2.05, 4.69) is 20.9 Å². The molecule has 0 spiro atoms. The first-order valence-corrected chi connectivity index (χ1v) is 4.84. The van der Waals surface area contributed by atoms with Gasteiger partial charge < -0.3 is 4.74 Å². The number of hydrogen-bond acceptors (Lipinski definition) is 3. The summed E-state index contributed by atoms with van der Waals surface area (Å²) in [7, 11) is 1.69. The molecule has 0 aromatic carbocycles. The molecule has 0 aliphatic rings. The Hall–Kier alpha value is 0.0700. The number of thiazole rings is 1. The minimum atomic E-state index is -0.267. The minimum Gasteiger partial charge on any atom is -0.372 e. The molecule has 11 heavy (non-hydrogen) atoms. The first kappa shape index (κ1) is 9.16. The van der Waals surface area contributed by atoms with E-state index in [0.29, 0.717) is 0 Å². The Morgan fingerprint density at radius 3 is 2.64 bits per heavy atom. The number of aromatic nitrogens is 1. The fourth-order valence-electron chi connectivity index (χ4n) is 0.620. The summed E-state index contributed by atoms with van der Waals surface area (Å²) >= 11 is 4.95. The highest BCUT2D eigenvalue weighted by Gasteiger charge is 2.22. The molecule has 62 valence electrons. The molecule has 1 heterocycles. The molecular formula is C7H10BrNOS. The highest BCUT2D eigenvalue weighted by molar-refractivity contribution is 9.11. The van der Waals surface area contributed by atoms with Crippen LogP contribution in [0.25, 0.3) is 0 Å². The number of nitrogens with zero attached hydrogens (tertiary/aromatic N) is 1. The van der Waals surface area contributed by atoms with Gasteiger partial charge >= 0.3 is 0 Å². The molecule has 4 heteroatoms. The SMILES string of the molecule is COC(C)(C)c1ncc(Br)s1. The average Bonchev–Trinajstić information content (AvgIpc) is 2.36. The average molecular weight is 236 g/mol. The van der Waals surface area contributed by atoms with E-state index in [0.717, 1.165) is 8.79 Å². The van der Waals surface area contributed by atoms with Crippen LogP contribution in [0.4, 0.5) is 0 Å². The summed E-state index contributed by atoms with van der Waals surface area (Å²) in [6, 6.07) is 0. The number of halogens is 1. The third-order valence-electron chi connectivity index (χ3n) is 1.50. The first-order valence-electron chi connectivity index (χ1n) is 3.23. The normalized spacial score (nSPS) is 12.0. The second-order valence-electron chi connectivity index (χ2n) is 2.68. The predicted octanol–water partition coefficient (Wildman–Crippen LogP) is 2.79. The maximum atomic E-state index is 5.26. The Morgan fingerprint density at radius 2 is 2.27 bits per heavy atom. The smallest absolute Gasteiger partial charge is 0.125 e. The maximum Gasteiger partial charge on any atom is 0.125 e. The number of ether oxygens (including phenoxy) is 1. The van der Waals surface area contributed by atoms with Crippen molar-refractivity contribution < 1.29 is 4.74 Å². The second-order valence-corrected chi connectivity index (χ2v) is 5.09. The van der Waals surface area contributed by atoms with Crippen molar-refractivity contribution in [1.82, 2.24) is 4.98 Å². The lowest BCUT2D eigenvalue weighted by Crippen LogP contribution is -2.18. The number of rotatable bonds is 2.